The molecule has 10 heteroatoms. The van der Waals surface area contributed by atoms with Gasteiger partial charge in [-0.15, -0.1) is 0 Å². The van der Waals surface area contributed by atoms with Gasteiger partial charge in [0.15, 0.2) is 5.60 Å². The third-order valence-corrected chi connectivity index (χ3v) is 15.7. The Morgan fingerprint density at radius 1 is 0.724 bits per heavy atom. The van der Waals surface area contributed by atoms with Crippen molar-refractivity contribution in [2.45, 2.75) is 236 Å². The van der Waals surface area contributed by atoms with Crippen LogP contribution >= 0.6 is 0 Å². The summed E-state index contributed by atoms with van der Waals surface area (Å²) in [6.45, 7) is 13.0. The zero-order valence-electron chi connectivity index (χ0n) is 32.7. The number of rotatable bonds is 13. The SMILES string of the molecule is C.C.C.C.C.C.CCC(CC(CC(C)C(=O)OC1(C)CC(=O)OC1(C)C)C(=O)OC12CC3CC(O)(CC(O)(C3)C1)C2)C(=O)OC(C)(CC)C12CC3CC(CC(C3)C1)C2. The lowest BCUT2D eigenvalue weighted by atomic mass is 9.45. The summed E-state index contributed by atoms with van der Waals surface area (Å²) < 4.78 is 24.5. The predicted octanol–water partition coefficient (Wildman–Crippen LogP) is 10.6. The number of hydrogen-bond acceptors (Lipinski definition) is 10. The molecule has 1 aliphatic heterocycles. The van der Waals surface area contributed by atoms with Crippen LogP contribution in [0, 0.1) is 46.8 Å². The maximum atomic E-state index is 14.4. The molecular formula is C48H88O10. The van der Waals surface area contributed by atoms with Crippen molar-refractivity contribution in [3.63, 3.8) is 0 Å². The first-order valence-electron chi connectivity index (χ1n) is 20.5. The number of aliphatic hydroxyl groups is 2. The van der Waals surface area contributed by atoms with Crippen LogP contribution in [-0.2, 0) is 38.1 Å². The second-order valence-electron chi connectivity index (χ2n) is 20.3. The smallest absolute Gasteiger partial charge is 0.310 e. The summed E-state index contributed by atoms with van der Waals surface area (Å²) in [6, 6.07) is 0. The summed E-state index contributed by atoms with van der Waals surface area (Å²) >= 11 is 0. The van der Waals surface area contributed by atoms with Crippen LogP contribution in [0.25, 0.3) is 0 Å². The quantitative estimate of drug-likeness (QED) is 0.136. The Hall–Kier alpha value is -2.20. The van der Waals surface area contributed by atoms with Crippen molar-refractivity contribution >= 4 is 23.9 Å². The van der Waals surface area contributed by atoms with Crippen LogP contribution in [0.15, 0.2) is 0 Å². The van der Waals surface area contributed by atoms with E-state index in [0.29, 0.717) is 43.4 Å². The molecule has 7 atom stereocenters. The van der Waals surface area contributed by atoms with Crippen molar-refractivity contribution in [3.05, 3.63) is 0 Å². The van der Waals surface area contributed by atoms with Crippen LogP contribution < -0.4 is 0 Å². The molecular weight excluding hydrogens is 737 g/mol. The maximum Gasteiger partial charge on any atom is 0.310 e. The third kappa shape index (κ3) is 9.48. The highest BCUT2D eigenvalue weighted by Crippen LogP contribution is 2.65. The third-order valence-electron chi connectivity index (χ3n) is 15.7. The van der Waals surface area contributed by atoms with E-state index in [2.05, 4.69) is 13.8 Å². The average Bonchev–Trinajstić information content (AvgIpc) is 3.20. The highest BCUT2D eigenvalue weighted by Gasteiger charge is 2.65. The van der Waals surface area contributed by atoms with Gasteiger partial charge in [-0.05, 0) is 135 Å². The fourth-order valence-electron chi connectivity index (χ4n) is 13.3. The minimum atomic E-state index is -1.17. The molecule has 0 spiro atoms. The Kier molecular flexibility index (Phi) is 16.7. The molecule has 340 valence electrons. The molecule has 58 heavy (non-hydrogen) atoms. The van der Waals surface area contributed by atoms with Gasteiger partial charge in [-0.2, -0.15) is 0 Å². The van der Waals surface area contributed by atoms with Gasteiger partial charge in [0.1, 0.15) is 16.8 Å². The lowest BCUT2D eigenvalue weighted by molar-refractivity contribution is -0.263. The van der Waals surface area contributed by atoms with E-state index in [1.54, 1.807) is 27.7 Å². The molecule has 2 N–H and O–H groups in total. The van der Waals surface area contributed by atoms with Crippen LogP contribution in [0.2, 0.25) is 0 Å². The van der Waals surface area contributed by atoms with Gasteiger partial charge < -0.3 is 29.2 Å². The van der Waals surface area contributed by atoms with Gasteiger partial charge in [0.25, 0.3) is 0 Å². The second kappa shape index (κ2) is 18.0. The molecule has 0 radical (unpaired) electrons. The number of carbonyl (C=O) groups excluding carboxylic acids is 4. The van der Waals surface area contributed by atoms with Crippen LogP contribution in [0.4, 0.5) is 0 Å². The molecule has 9 rings (SSSR count). The van der Waals surface area contributed by atoms with Crippen molar-refractivity contribution in [1.82, 2.24) is 0 Å². The average molecular weight is 825 g/mol. The Labute approximate surface area is 354 Å². The molecule has 9 aliphatic rings. The molecule has 0 aromatic rings. The van der Waals surface area contributed by atoms with E-state index in [4.69, 9.17) is 18.9 Å². The Balaban J connectivity index is 0.00000280. The fraction of sp³-hybridized carbons (Fsp3) is 0.917. The zero-order chi connectivity index (χ0) is 37.7. The minimum absolute atomic E-state index is 0. The van der Waals surface area contributed by atoms with Crippen LogP contribution in [-0.4, -0.2) is 67.7 Å². The zero-order valence-corrected chi connectivity index (χ0v) is 32.7. The van der Waals surface area contributed by atoms with Gasteiger partial charge in [-0.1, -0.05) is 65.3 Å². The molecule has 0 aromatic heterocycles. The molecule has 0 aromatic carbocycles. The van der Waals surface area contributed by atoms with E-state index in [0.717, 1.165) is 25.7 Å². The standard InChI is InChI=1S/C42H64O10.6CH4/c1-8-30(34(45)51-37(6,9-2)39-15-26-11-27(16-39)13-28(12-26)17-39)14-31(10-25(3)33(44)50-38(7)21-32(43)49-36(38,4)5)35(46)52-42-20-29-18-40(47,23-42)22-41(48,19-29)24-42;;;;;;/h25-31,47-48H,8-24H2,1-7H3;6*1H4. The lowest BCUT2D eigenvalue weighted by Gasteiger charge is -2.62. The van der Waals surface area contributed by atoms with Gasteiger partial charge in [0.05, 0.1) is 35.4 Å². The van der Waals surface area contributed by atoms with E-state index in [9.17, 15) is 29.4 Å². The summed E-state index contributed by atoms with van der Waals surface area (Å²) in [6.07, 6.45) is 11.1. The summed E-state index contributed by atoms with van der Waals surface area (Å²) in [4.78, 5) is 54.6. The number of ether oxygens (including phenoxy) is 4. The molecule has 1 saturated heterocycles. The molecule has 7 unspecified atom stereocenters. The first-order valence-corrected chi connectivity index (χ1v) is 20.5. The van der Waals surface area contributed by atoms with Gasteiger partial charge in [-0.3, -0.25) is 19.2 Å². The largest absolute Gasteiger partial charge is 0.459 e. The van der Waals surface area contributed by atoms with E-state index in [1.807, 2.05) is 6.92 Å². The summed E-state index contributed by atoms with van der Waals surface area (Å²) in [5, 5.41) is 22.8. The van der Waals surface area contributed by atoms with Crippen molar-refractivity contribution in [2.75, 3.05) is 0 Å². The minimum Gasteiger partial charge on any atom is -0.459 e. The molecule has 8 aliphatic carbocycles. The highest BCUT2D eigenvalue weighted by atomic mass is 16.6. The number of esters is 4. The van der Waals surface area contributed by atoms with E-state index >= 15 is 0 Å². The molecule has 9 fully saturated rings. The van der Waals surface area contributed by atoms with Crippen LogP contribution in [0.3, 0.4) is 0 Å². The van der Waals surface area contributed by atoms with E-state index in [-0.39, 0.29) is 100 Å². The predicted molar refractivity (Wildman–Crippen MR) is 231 cm³/mol. The Bertz CT molecular complexity index is 1420. The summed E-state index contributed by atoms with van der Waals surface area (Å²) in [5.74, 6) is -1.83. The molecule has 10 nitrogen and oxygen atoms in total. The van der Waals surface area contributed by atoms with Crippen LogP contribution in [0.5, 0.6) is 0 Å². The van der Waals surface area contributed by atoms with Gasteiger partial charge in [-0.25, -0.2) is 0 Å². The first-order chi connectivity index (χ1) is 24.1. The molecule has 1 heterocycles. The van der Waals surface area contributed by atoms with Crippen molar-refractivity contribution in [1.29, 1.82) is 0 Å². The topological polar surface area (TPSA) is 146 Å². The van der Waals surface area contributed by atoms with Crippen molar-refractivity contribution in [2.24, 2.45) is 46.8 Å². The number of hydrogen-bond donors (Lipinski definition) is 2. The summed E-state index contributed by atoms with van der Waals surface area (Å²) in [7, 11) is 0. The van der Waals surface area contributed by atoms with Crippen molar-refractivity contribution in [3.8, 4) is 0 Å². The lowest BCUT2D eigenvalue weighted by Crippen LogP contribution is -2.67. The number of carbonyl (C=O) groups is 4. The maximum absolute atomic E-state index is 14.4. The Morgan fingerprint density at radius 2 is 1.24 bits per heavy atom. The van der Waals surface area contributed by atoms with E-state index < -0.39 is 69.3 Å². The van der Waals surface area contributed by atoms with Gasteiger partial charge >= 0.3 is 23.9 Å². The first kappa shape index (κ1) is 53.8. The van der Waals surface area contributed by atoms with Crippen LogP contribution in [0.1, 0.15) is 202 Å². The molecule has 0 amide bonds. The normalized spacial score (nSPS) is 39.2. The highest BCUT2D eigenvalue weighted by molar-refractivity contribution is 5.80. The monoisotopic (exact) mass is 825 g/mol. The summed E-state index contributed by atoms with van der Waals surface area (Å²) in [5.41, 5.74) is -5.97. The fourth-order valence-corrected chi connectivity index (χ4v) is 13.3. The van der Waals surface area contributed by atoms with Crippen molar-refractivity contribution < 1.29 is 48.3 Å². The van der Waals surface area contributed by atoms with Gasteiger partial charge in [0.2, 0.25) is 0 Å². The van der Waals surface area contributed by atoms with E-state index in [1.165, 1.54) is 19.3 Å². The number of cyclic esters (lactones) is 1. The molecule has 8 saturated carbocycles. The second-order valence-corrected chi connectivity index (χ2v) is 20.3. The van der Waals surface area contributed by atoms with Gasteiger partial charge in [0, 0.05) is 24.7 Å². The molecule has 8 bridgehead atoms. The Morgan fingerprint density at radius 3 is 1.67 bits per heavy atom.